The van der Waals surface area contributed by atoms with Crippen LogP contribution < -0.4 is 10.1 Å². The number of fused-ring (bicyclic) bond motifs is 1. The molecule has 30 heavy (non-hydrogen) atoms. The fraction of sp³-hybridized carbons (Fsp3) is 0.182. The van der Waals surface area contributed by atoms with E-state index in [0.717, 1.165) is 0 Å². The average Bonchev–Trinajstić information content (AvgIpc) is 3.37. The molecule has 0 radical (unpaired) electrons. The molecule has 0 unspecified atom stereocenters. The fourth-order valence-electron chi connectivity index (χ4n) is 3.41. The third-order valence-corrected chi connectivity index (χ3v) is 4.85. The predicted molar refractivity (Wildman–Crippen MR) is 108 cm³/mol. The van der Waals surface area contributed by atoms with Gasteiger partial charge < -0.3 is 24.1 Å². The van der Waals surface area contributed by atoms with Crippen molar-refractivity contribution in [2.45, 2.75) is 6.42 Å². The van der Waals surface area contributed by atoms with Crippen LogP contribution in [-0.4, -0.2) is 36.9 Å². The van der Waals surface area contributed by atoms with Crippen molar-refractivity contribution in [1.29, 1.82) is 0 Å². The first-order valence-electron chi connectivity index (χ1n) is 9.24. The molecule has 0 spiro atoms. The summed E-state index contributed by atoms with van der Waals surface area (Å²) in [6, 6.07) is 9.12. The van der Waals surface area contributed by atoms with Gasteiger partial charge in [-0.05, 0) is 36.4 Å². The van der Waals surface area contributed by atoms with Gasteiger partial charge >= 0.3 is 0 Å². The van der Waals surface area contributed by atoms with Crippen molar-refractivity contribution in [2.24, 2.45) is 0 Å². The van der Waals surface area contributed by atoms with Crippen molar-refractivity contribution < 1.29 is 28.0 Å². The van der Waals surface area contributed by atoms with Crippen LogP contribution in [0.3, 0.4) is 0 Å². The van der Waals surface area contributed by atoms with E-state index in [1.807, 2.05) is 0 Å². The lowest BCUT2D eigenvalue weighted by atomic mass is 10.0. The summed E-state index contributed by atoms with van der Waals surface area (Å²) in [7, 11) is 3.04. The van der Waals surface area contributed by atoms with Gasteiger partial charge in [0.1, 0.15) is 34.9 Å². The molecule has 0 aliphatic carbocycles. The van der Waals surface area contributed by atoms with E-state index in [9.17, 15) is 14.3 Å². The normalized spacial score (nSPS) is 11.1. The van der Waals surface area contributed by atoms with Gasteiger partial charge in [0.15, 0.2) is 0 Å². The lowest BCUT2D eigenvalue weighted by Gasteiger charge is -2.08. The summed E-state index contributed by atoms with van der Waals surface area (Å²) in [5, 5.41) is 16.5. The van der Waals surface area contributed by atoms with Crippen LogP contribution in [-0.2, 0) is 6.42 Å². The number of aliphatic hydroxyl groups excluding tert-OH is 1. The van der Waals surface area contributed by atoms with Crippen molar-refractivity contribution in [1.82, 2.24) is 10.5 Å². The highest BCUT2D eigenvalue weighted by Gasteiger charge is 2.25. The molecular formula is C22H19FN2O5. The molecule has 8 heteroatoms. The van der Waals surface area contributed by atoms with Crippen LogP contribution in [0.25, 0.3) is 33.6 Å². The Hall–Kier alpha value is -3.65. The quantitative estimate of drug-likeness (QED) is 0.502. The Morgan fingerprint density at radius 2 is 2.03 bits per heavy atom. The largest absolute Gasteiger partial charge is 0.496 e. The molecule has 4 rings (SSSR count). The summed E-state index contributed by atoms with van der Waals surface area (Å²) >= 11 is 0. The van der Waals surface area contributed by atoms with Crippen LogP contribution in [0, 0.1) is 5.82 Å². The van der Waals surface area contributed by atoms with Gasteiger partial charge in [-0.1, -0.05) is 5.16 Å². The van der Waals surface area contributed by atoms with E-state index in [4.69, 9.17) is 13.7 Å². The number of benzene rings is 2. The molecule has 154 valence electrons. The first-order chi connectivity index (χ1) is 14.6. The molecule has 2 heterocycles. The number of hydrogen-bond donors (Lipinski definition) is 2. The second-order valence-electron chi connectivity index (χ2n) is 6.60. The number of ether oxygens (including phenoxy) is 1. The zero-order valence-electron chi connectivity index (χ0n) is 16.4. The van der Waals surface area contributed by atoms with E-state index in [1.165, 1.54) is 32.6 Å². The molecule has 0 saturated heterocycles. The van der Waals surface area contributed by atoms with Crippen molar-refractivity contribution in [3.05, 3.63) is 59.6 Å². The van der Waals surface area contributed by atoms with Crippen molar-refractivity contribution >= 4 is 16.9 Å². The van der Waals surface area contributed by atoms with Crippen molar-refractivity contribution in [3.8, 4) is 28.3 Å². The van der Waals surface area contributed by atoms with E-state index < -0.39 is 0 Å². The number of halogens is 1. The van der Waals surface area contributed by atoms with E-state index >= 15 is 0 Å². The minimum atomic E-state index is -0.386. The number of aliphatic hydroxyl groups is 1. The van der Waals surface area contributed by atoms with Gasteiger partial charge in [-0.25, -0.2) is 4.39 Å². The zero-order chi connectivity index (χ0) is 21.3. The average molecular weight is 410 g/mol. The highest BCUT2D eigenvalue weighted by Crippen LogP contribution is 2.41. The number of carbonyl (C=O) groups is 1. The molecule has 2 aromatic carbocycles. The number of methoxy groups -OCH3 is 1. The van der Waals surface area contributed by atoms with Crippen molar-refractivity contribution in [3.63, 3.8) is 0 Å². The van der Waals surface area contributed by atoms with Gasteiger partial charge in [-0.15, -0.1) is 0 Å². The molecule has 1 amide bonds. The van der Waals surface area contributed by atoms with Gasteiger partial charge in [-0.3, -0.25) is 4.79 Å². The topological polar surface area (TPSA) is 97.7 Å². The van der Waals surface area contributed by atoms with Crippen LogP contribution >= 0.6 is 0 Å². The Morgan fingerprint density at radius 3 is 2.70 bits per heavy atom. The second kappa shape index (κ2) is 8.00. The first kappa shape index (κ1) is 19.7. The van der Waals surface area contributed by atoms with E-state index in [1.54, 1.807) is 24.3 Å². The number of nitrogens with zero attached hydrogens (tertiary/aromatic N) is 1. The fourth-order valence-corrected chi connectivity index (χ4v) is 3.41. The maximum atomic E-state index is 13.4. The number of nitrogens with one attached hydrogen (secondary N) is 1. The summed E-state index contributed by atoms with van der Waals surface area (Å²) in [4.78, 5) is 12.7. The number of furan rings is 1. The van der Waals surface area contributed by atoms with E-state index in [2.05, 4.69) is 10.5 Å². The van der Waals surface area contributed by atoms with Crippen LogP contribution in [0.4, 0.5) is 4.39 Å². The Kier molecular flexibility index (Phi) is 5.24. The minimum Gasteiger partial charge on any atom is -0.496 e. The van der Waals surface area contributed by atoms with Crippen molar-refractivity contribution in [2.75, 3.05) is 20.8 Å². The third kappa shape index (κ3) is 3.31. The van der Waals surface area contributed by atoms with Gasteiger partial charge in [0.2, 0.25) is 0 Å². The maximum absolute atomic E-state index is 13.4. The molecule has 0 saturated carbocycles. The Bertz CT molecular complexity index is 1210. The molecule has 0 atom stereocenters. The summed E-state index contributed by atoms with van der Waals surface area (Å²) < 4.78 is 30.0. The standard InChI is InChI=1S/C22H19FN2O5/c1-24-22(27)19-15-9-17(28-2)16(20-13(7-8-26)11-29-25-20)10-18(15)30-21(19)12-3-5-14(23)6-4-12/h3-6,9-11,26H,7-8H2,1-2H3,(H,24,27). The molecule has 0 fully saturated rings. The monoisotopic (exact) mass is 410 g/mol. The van der Waals surface area contributed by atoms with Gasteiger partial charge in [0.25, 0.3) is 5.91 Å². The highest BCUT2D eigenvalue weighted by atomic mass is 19.1. The summed E-state index contributed by atoms with van der Waals surface area (Å²) in [6.07, 6.45) is 1.83. The third-order valence-electron chi connectivity index (χ3n) is 4.85. The number of rotatable bonds is 6. The van der Waals surface area contributed by atoms with Crippen LogP contribution in [0.5, 0.6) is 5.75 Å². The Morgan fingerprint density at radius 1 is 1.27 bits per heavy atom. The SMILES string of the molecule is CNC(=O)c1c(-c2ccc(F)cc2)oc2cc(-c3nocc3CCO)c(OC)cc12. The van der Waals surface area contributed by atoms with Crippen LogP contribution in [0.1, 0.15) is 15.9 Å². The van der Waals surface area contributed by atoms with Crippen LogP contribution in [0.15, 0.2) is 51.6 Å². The molecule has 2 N–H and O–H groups in total. The maximum Gasteiger partial charge on any atom is 0.255 e. The number of carbonyl (C=O) groups excluding carboxylic acids is 1. The molecular weight excluding hydrogens is 391 g/mol. The van der Waals surface area contributed by atoms with Gasteiger partial charge in [0, 0.05) is 42.2 Å². The molecule has 0 aliphatic rings. The molecule has 7 nitrogen and oxygen atoms in total. The molecule has 4 aromatic rings. The molecule has 0 bridgehead atoms. The molecule has 0 aliphatic heterocycles. The molecule has 2 aromatic heterocycles. The minimum absolute atomic E-state index is 0.0605. The summed E-state index contributed by atoms with van der Waals surface area (Å²) in [5.74, 6) is 0.0551. The predicted octanol–water partition coefficient (Wildman–Crippen LogP) is 3.80. The Labute approximate surface area is 171 Å². The highest BCUT2D eigenvalue weighted by molar-refractivity contribution is 6.12. The summed E-state index contributed by atoms with van der Waals surface area (Å²) in [6.45, 7) is -0.0605. The number of hydrogen-bond acceptors (Lipinski definition) is 6. The first-order valence-corrected chi connectivity index (χ1v) is 9.24. The lowest BCUT2D eigenvalue weighted by Crippen LogP contribution is -2.18. The number of amides is 1. The summed E-state index contributed by atoms with van der Waals surface area (Å²) in [5.41, 5.74) is 3.15. The van der Waals surface area contributed by atoms with E-state index in [-0.39, 0.29) is 18.3 Å². The van der Waals surface area contributed by atoms with Gasteiger partial charge in [0.05, 0.1) is 12.7 Å². The van der Waals surface area contributed by atoms with Gasteiger partial charge in [-0.2, -0.15) is 0 Å². The Balaban J connectivity index is 1.97. The zero-order valence-corrected chi connectivity index (χ0v) is 16.4. The lowest BCUT2D eigenvalue weighted by molar-refractivity contribution is 0.0964. The second-order valence-corrected chi connectivity index (χ2v) is 6.60. The van der Waals surface area contributed by atoms with Crippen LogP contribution in [0.2, 0.25) is 0 Å². The smallest absolute Gasteiger partial charge is 0.255 e. The number of aromatic nitrogens is 1. The van der Waals surface area contributed by atoms with E-state index in [0.29, 0.717) is 56.8 Å².